The molecule has 0 spiro atoms. The van der Waals surface area contributed by atoms with Crippen molar-refractivity contribution in [1.82, 2.24) is 0 Å². The molecule has 3 heteroatoms. The van der Waals surface area contributed by atoms with Gasteiger partial charge in [-0.3, -0.25) is 4.79 Å². The van der Waals surface area contributed by atoms with E-state index in [9.17, 15) is 4.79 Å². The second kappa shape index (κ2) is 9.00. The van der Waals surface area contributed by atoms with Crippen LogP contribution in [-0.2, 0) is 22.6 Å². The normalized spacial score (nSPS) is 11.9. The molecule has 0 saturated heterocycles. The smallest absolute Gasteiger partial charge is 0.309 e. The molecule has 2 aromatic carbocycles. The molecule has 0 fully saturated rings. The lowest BCUT2D eigenvalue weighted by molar-refractivity contribution is -0.150. The van der Waals surface area contributed by atoms with Gasteiger partial charge in [-0.05, 0) is 30.4 Å². The average Bonchev–Trinajstić information content (AvgIpc) is 2.58. The summed E-state index contributed by atoms with van der Waals surface area (Å²) in [6, 6.07) is 19.6. The van der Waals surface area contributed by atoms with Crippen molar-refractivity contribution in [3.63, 3.8) is 0 Å². The van der Waals surface area contributed by atoms with Crippen LogP contribution in [0.4, 0.5) is 0 Å². The van der Waals surface area contributed by atoms with Crippen LogP contribution in [0, 0.1) is 5.92 Å². The fourth-order valence-electron chi connectivity index (χ4n) is 2.39. The summed E-state index contributed by atoms with van der Waals surface area (Å²) < 4.78 is 5.44. The molecule has 2 aromatic rings. The number of hydrogen-bond donors (Lipinski definition) is 1. The van der Waals surface area contributed by atoms with Crippen LogP contribution in [0.3, 0.4) is 0 Å². The van der Waals surface area contributed by atoms with E-state index < -0.39 is 0 Å². The highest BCUT2D eigenvalue weighted by Gasteiger charge is 2.20. The molecular weight excluding hydrogens is 276 g/mol. The van der Waals surface area contributed by atoms with Crippen molar-refractivity contribution < 1.29 is 14.6 Å². The van der Waals surface area contributed by atoms with Gasteiger partial charge in [0.1, 0.15) is 6.61 Å². The van der Waals surface area contributed by atoms with Crippen LogP contribution < -0.4 is 0 Å². The Morgan fingerprint density at radius 2 is 1.55 bits per heavy atom. The zero-order valence-corrected chi connectivity index (χ0v) is 12.7. The highest BCUT2D eigenvalue weighted by atomic mass is 16.5. The van der Waals surface area contributed by atoms with E-state index in [0.717, 1.165) is 11.1 Å². The van der Waals surface area contributed by atoms with E-state index >= 15 is 0 Å². The number of aliphatic hydroxyl groups excluding tert-OH is 1. The largest absolute Gasteiger partial charge is 0.461 e. The first kappa shape index (κ1) is 16.2. The highest BCUT2D eigenvalue weighted by Crippen LogP contribution is 2.17. The van der Waals surface area contributed by atoms with Gasteiger partial charge >= 0.3 is 5.97 Å². The van der Waals surface area contributed by atoms with Gasteiger partial charge in [-0.15, -0.1) is 0 Å². The molecule has 1 atom stereocenters. The number of esters is 1. The third-order valence-corrected chi connectivity index (χ3v) is 3.59. The van der Waals surface area contributed by atoms with Gasteiger partial charge in [0.05, 0.1) is 5.92 Å². The first-order valence-electron chi connectivity index (χ1n) is 7.65. The first-order chi connectivity index (χ1) is 10.8. The number of rotatable bonds is 8. The van der Waals surface area contributed by atoms with Gasteiger partial charge in [-0.25, -0.2) is 0 Å². The van der Waals surface area contributed by atoms with Crippen molar-refractivity contribution in [2.75, 3.05) is 6.61 Å². The van der Waals surface area contributed by atoms with E-state index in [1.807, 2.05) is 60.7 Å². The van der Waals surface area contributed by atoms with Crippen molar-refractivity contribution in [1.29, 1.82) is 0 Å². The van der Waals surface area contributed by atoms with Crippen LogP contribution in [0.15, 0.2) is 60.7 Å². The molecule has 0 bridgehead atoms. The minimum atomic E-state index is -0.210. The van der Waals surface area contributed by atoms with E-state index in [2.05, 4.69) is 0 Å². The van der Waals surface area contributed by atoms with Gasteiger partial charge in [-0.1, -0.05) is 60.7 Å². The zero-order chi connectivity index (χ0) is 15.6. The van der Waals surface area contributed by atoms with Gasteiger partial charge in [0.25, 0.3) is 0 Å². The van der Waals surface area contributed by atoms with Crippen LogP contribution >= 0.6 is 0 Å². The molecule has 0 saturated carbocycles. The predicted molar refractivity (Wildman–Crippen MR) is 86.2 cm³/mol. The molecule has 0 aliphatic rings. The second-order valence-corrected chi connectivity index (χ2v) is 5.35. The lowest BCUT2D eigenvalue weighted by Gasteiger charge is -2.16. The first-order valence-corrected chi connectivity index (χ1v) is 7.65. The second-order valence-electron chi connectivity index (χ2n) is 5.35. The Hall–Kier alpha value is -2.13. The van der Waals surface area contributed by atoms with Crippen LogP contribution in [0.2, 0.25) is 0 Å². The van der Waals surface area contributed by atoms with Crippen molar-refractivity contribution >= 4 is 5.97 Å². The Morgan fingerprint density at radius 3 is 2.14 bits per heavy atom. The SMILES string of the molecule is O=C(OCc1ccccc1)C(CCCO)Cc1ccccc1. The van der Waals surface area contributed by atoms with E-state index in [0.29, 0.717) is 25.9 Å². The molecule has 0 amide bonds. The molecule has 0 aromatic heterocycles. The van der Waals surface area contributed by atoms with E-state index in [4.69, 9.17) is 9.84 Å². The topological polar surface area (TPSA) is 46.5 Å². The lowest BCUT2D eigenvalue weighted by Crippen LogP contribution is -2.20. The maximum absolute atomic E-state index is 12.3. The minimum absolute atomic E-state index is 0.0945. The molecule has 1 N–H and O–H groups in total. The number of carbonyl (C=O) groups excluding carboxylic acids is 1. The average molecular weight is 298 g/mol. The summed E-state index contributed by atoms with van der Waals surface area (Å²) in [5.74, 6) is -0.403. The van der Waals surface area contributed by atoms with Gasteiger partial charge in [0, 0.05) is 6.61 Å². The maximum atomic E-state index is 12.3. The minimum Gasteiger partial charge on any atom is -0.461 e. The molecule has 0 aliphatic heterocycles. The Kier molecular flexibility index (Phi) is 6.65. The van der Waals surface area contributed by atoms with Gasteiger partial charge in [0.15, 0.2) is 0 Å². The zero-order valence-electron chi connectivity index (χ0n) is 12.7. The molecule has 22 heavy (non-hydrogen) atoms. The van der Waals surface area contributed by atoms with E-state index in [-0.39, 0.29) is 18.5 Å². The summed E-state index contributed by atoms with van der Waals surface area (Å²) in [4.78, 5) is 12.3. The van der Waals surface area contributed by atoms with Crippen molar-refractivity contribution in [2.24, 2.45) is 5.92 Å². The third-order valence-electron chi connectivity index (χ3n) is 3.59. The number of hydrogen-bond acceptors (Lipinski definition) is 3. The van der Waals surface area contributed by atoms with Crippen LogP contribution in [0.25, 0.3) is 0 Å². The van der Waals surface area contributed by atoms with Crippen molar-refractivity contribution in [2.45, 2.75) is 25.9 Å². The third kappa shape index (κ3) is 5.34. The van der Waals surface area contributed by atoms with Crippen LogP contribution in [0.5, 0.6) is 0 Å². The Labute approximate surface area is 131 Å². The Morgan fingerprint density at radius 1 is 0.955 bits per heavy atom. The number of carbonyl (C=O) groups is 1. The van der Waals surface area contributed by atoms with Crippen LogP contribution in [-0.4, -0.2) is 17.7 Å². The van der Waals surface area contributed by atoms with E-state index in [1.165, 1.54) is 0 Å². The van der Waals surface area contributed by atoms with E-state index in [1.54, 1.807) is 0 Å². The summed E-state index contributed by atoms with van der Waals surface area (Å²) in [6.07, 6.45) is 1.89. The molecule has 3 nitrogen and oxygen atoms in total. The molecule has 0 heterocycles. The highest BCUT2D eigenvalue weighted by molar-refractivity contribution is 5.72. The summed E-state index contributed by atoms with van der Waals surface area (Å²) >= 11 is 0. The molecule has 2 rings (SSSR count). The Bertz CT molecular complexity index is 551. The molecular formula is C19H22O3. The van der Waals surface area contributed by atoms with Crippen molar-refractivity contribution in [3.05, 3.63) is 71.8 Å². The van der Waals surface area contributed by atoms with Gasteiger partial charge < -0.3 is 9.84 Å². The van der Waals surface area contributed by atoms with Crippen LogP contribution in [0.1, 0.15) is 24.0 Å². The standard InChI is InChI=1S/C19H22O3/c20-13-7-12-18(14-16-8-3-1-4-9-16)19(21)22-15-17-10-5-2-6-11-17/h1-6,8-11,18,20H,7,12-15H2. The number of ether oxygens (including phenoxy) is 1. The molecule has 116 valence electrons. The molecule has 0 aliphatic carbocycles. The Balaban J connectivity index is 1.93. The lowest BCUT2D eigenvalue weighted by atomic mass is 9.95. The number of aliphatic hydroxyl groups is 1. The van der Waals surface area contributed by atoms with Crippen molar-refractivity contribution in [3.8, 4) is 0 Å². The summed E-state index contributed by atoms with van der Waals surface area (Å²) in [6.45, 7) is 0.390. The summed E-state index contributed by atoms with van der Waals surface area (Å²) in [5, 5.41) is 9.02. The quantitative estimate of drug-likeness (QED) is 0.760. The number of benzene rings is 2. The maximum Gasteiger partial charge on any atom is 0.309 e. The fraction of sp³-hybridized carbons (Fsp3) is 0.316. The summed E-state index contributed by atoms with van der Waals surface area (Å²) in [5.41, 5.74) is 2.10. The molecule has 0 radical (unpaired) electrons. The van der Waals surface area contributed by atoms with Gasteiger partial charge in [-0.2, -0.15) is 0 Å². The molecule has 1 unspecified atom stereocenters. The fourth-order valence-corrected chi connectivity index (χ4v) is 2.39. The van der Waals surface area contributed by atoms with Gasteiger partial charge in [0.2, 0.25) is 0 Å². The predicted octanol–water partition coefficient (Wildman–Crippen LogP) is 3.36. The monoisotopic (exact) mass is 298 g/mol. The summed E-state index contributed by atoms with van der Waals surface area (Å²) in [7, 11) is 0.